The van der Waals surface area contributed by atoms with Gasteiger partial charge in [-0.15, -0.1) is 0 Å². The molecule has 0 spiro atoms. The zero-order valence-electron chi connectivity index (χ0n) is 9.78. The van der Waals surface area contributed by atoms with Gasteiger partial charge in [-0.25, -0.2) is 5.01 Å². The van der Waals surface area contributed by atoms with E-state index in [0.29, 0.717) is 6.04 Å². The lowest BCUT2D eigenvalue weighted by molar-refractivity contribution is 0.172. The molecule has 3 N–H and O–H groups in total. The molecule has 0 aromatic rings. The Morgan fingerprint density at radius 1 is 0.933 bits per heavy atom. The minimum atomic E-state index is 0.707. The second-order valence-corrected chi connectivity index (χ2v) is 5.05. The number of nitrogens with two attached hydrogens (primary N) is 1. The molecule has 0 atom stereocenters. The molecule has 2 aliphatic heterocycles. The fourth-order valence-corrected chi connectivity index (χ4v) is 2.57. The van der Waals surface area contributed by atoms with E-state index >= 15 is 0 Å². The minimum Gasteiger partial charge on any atom is -0.311 e. The van der Waals surface area contributed by atoms with Crippen molar-refractivity contribution in [3.63, 3.8) is 0 Å². The van der Waals surface area contributed by atoms with Crippen LogP contribution >= 0.6 is 0 Å². The zero-order chi connectivity index (χ0) is 10.7. The molecule has 0 aromatic heterocycles. The summed E-state index contributed by atoms with van der Waals surface area (Å²) in [7, 11) is 2.21. The van der Waals surface area contributed by atoms with Crippen molar-refractivity contribution in [2.45, 2.75) is 37.8 Å². The van der Waals surface area contributed by atoms with E-state index in [1.54, 1.807) is 0 Å². The molecule has 2 saturated heterocycles. The van der Waals surface area contributed by atoms with Crippen LogP contribution in [0.3, 0.4) is 0 Å². The third-order valence-corrected chi connectivity index (χ3v) is 3.72. The molecular weight excluding hydrogens is 188 g/mol. The normalized spacial score (nSPS) is 28.4. The van der Waals surface area contributed by atoms with E-state index < -0.39 is 0 Å². The molecule has 88 valence electrons. The molecule has 0 bridgehead atoms. The first-order chi connectivity index (χ1) is 7.24. The lowest BCUT2D eigenvalue weighted by Gasteiger charge is -2.35. The Kier molecular flexibility index (Phi) is 3.97. The van der Waals surface area contributed by atoms with Crippen molar-refractivity contribution in [3.8, 4) is 0 Å². The van der Waals surface area contributed by atoms with Crippen molar-refractivity contribution in [3.05, 3.63) is 0 Å². The highest BCUT2D eigenvalue weighted by Crippen LogP contribution is 2.13. The van der Waals surface area contributed by atoms with Gasteiger partial charge in [-0.05, 0) is 45.8 Å². The van der Waals surface area contributed by atoms with Gasteiger partial charge in [0.1, 0.15) is 0 Å². The second kappa shape index (κ2) is 5.25. The summed E-state index contributed by atoms with van der Waals surface area (Å²) in [6.45, 7) is 4.58. The monoisotopic (exact) mass is 212 g/mol. The lowest BCUT2D eigenvalue weighted by atomic mass is 10.0. The number of nitrogens with zero attached hydrogens (tertiary/aromatic N) is 2. The van der Waals surface area contributed by atoms with E-state index in [4.69, 9.17) is 5.84 Å². The number of hydrogen-bond acceptors (Lipinski definition) is 4. The number of rotatable bonds is 2. The average molecular weight is 212 g/mol. The molecule has 2 heterocycles. The number of piperidine rings is 2. The van der Waals surface area contributed by atoms with Crippen LogP contribution in [0.15, 0.2) is 0 Å². The van der Waals surface area contributed by atoms with Crippen molar-refractivity contribution in [1.82, 2.24) is 15.2 Å². The van der Waals surface area contributed by atoms with Crippen LogP contribution < -0.4 is 11.2 Å². The van der Waals surface area contributed by atoms with Crippen LogP contribution in [0.25, 0.3) is 0 Å². The van der Waals surface area contributed by atoms with Crippen LogP contribution in [-0.4, -0.2) is 55.2 Å². The van der Waals surface area contributed by atoms with Gasteiger partial charge in [0.05, 0.1) is 0 Å². The van der Waals surface area contributed by atoms with Crippen molar-refractivity contribution in [2.75, 3.05) is 33.2 Å². The van der Waals surface area contributed by atoms with Gasteiger partial charge in [0, 0.05) is 25.2 Å². The fourth-order valence-electron chi connectivity index (χ4n) is 2.57. The average Bonchev–Trinajstić information content (AvgIpc) is 2.25. The van der Waals surface area contributed by atoms with Gasteiger partial charge in [-0.2, -0.15) is 0 Å². The van der Waals surface area contributed by atoms with Gasteiger partial charge in [0.25, 0.3) is 0 Å². The van der Waals surface area contributed by atoms with Crippen LogP contribution in [0.5, 0.6) is 0 Å². The maximum atomic E-state index is 5.75. The third-order valence-electron chi connectivity index (χ3n) is 3.72. The largest absolute Gasteiger partial charge is 0.311 e. The summed E-state index contributed by atoms with van der Waals surface area (Å²) >= 11 is 0. The topological polar surface area (TPSA) is 44.5 Å². The van der Waals surface area contributed by atoms with Crippen molar-refractivity contribution < 1.29 is 0 Å². The third kappa shape index (κ3) is 3.41. The number of nitrogens with one attached hydrogen (secondary N) is 1. The summed E-state index contributed by atoms with van der Waals surface area (Å²) in [4.78, 5) is 2.42. The SMILES string of the molecule is CN1CCC(NC2CCN(N)CC2)CC1. The Bertz CT molecular complexity index is 161. The standard InChI is InChI=1S/C11H24N4/c1-14-6-2-10(3-7-14)13-11-4-8-15(12)9-5-11/h10-11,13H,2-9,12H2,1H3. The quantitative estimate of drug-likeness (QED) is 0.633. The van der Waals surface area contributed by atoms with Gasteiger partial charge in [-0.1, -0.05) is 0 Å². The molecule has 2 aliphatic rings. The first kappa shape index (κ1) is 11.3. The van der Waals surface area contributed by atoms with E-state index in [2.05, 4.69) is 17.3 Å². The predicted molar refractivity (Wildman–Crippen MR) is 62.4 cm³/mol. The van der Waals surface area contributed by atoms with Gasteiger partial charge < -0.3 is 10.2 Å². The highest BCUT2D eigenvalue weighted by atomic mass is 15.4. The predicted octanol–water partition coefficient (Wildman–Crippen LogP) is 0.00830. The molecule has 0 aliphatic carbocycles. The van der Waals surface area contributed by atoms with Gasteiger partial charge in [0.15, 0.2) is 0 Å². The molecule has 2 fully saturated rings. The Balaban J connectivity index is 1.68. The fraction of sp³-hybridized carbons (Fsp3) is 1.00. The molecule has 0 amide bonds. The molecule has 4 heteroatoms. The smallest absolute Gasteiger partial charge is 0.0143 e. The highest BCUT2D eigenvalue weighted by molar-refractivity contribution is 4.82. The van der Waals surface area contributed by atoms with Crippen molar-refractivity contribution in [2.24, 2.45) is 5.84 Å². The Hall–Kier alpha value is -0.160. The Morgan fingerprint density at radius 2 is 1.40 bits per heavy atom. The van der Waals surface area contributed by atoms with Crippen LogP contribution in [0, 0.1) is 0 Å². The van der Waals surface area contributed by atoms with Crippen LogP contribution in [0.2, 0.25) is 0 Å². The molecule has 4 nitrogen and oxygen atoms in total. The molecule has 0 aromatic carbocycles. The Morgan fingerprint density at radius 3 is 1.93 bits per heavy atom. The summed E-state index contributed by atoms with van der Waals surface area (Å²) < 4.78 is 0. The summed E-state index contributed by atoms with van der Waals surface area (Å²) in [5.74, 6) is 5.75. The molecule has 0 radical (unpaired) electrons. The van der Waals surface area contributed by atoms with Gasteiger partial charge in [0.2, 0.25) is 0 Å². The van der Waals surface area contributed by atoms with Crippen LogP contribution in [-0.2, 0) is 0 Å². The number of likely N-dealkylation sites (tertiary alicyclic amines) is 1. The minimum absolute atomic E-state index is 0.707. The van der Waals surface area contributed by atoms with E-state index in [-0.39, 0.29) is 0 Å². The summed E-state index contributed by atoms with van der Waals surface area (Å²) in [5, 5.41) is 5.73. The van der Waals surface area contributed by atoms with Crippen molar-refractivity contribution >= 4 is 0 Å². The van der Waals surface area contributed by atoms with Crippen molar-refractivity contribution in [1.29, 1.82) is 0 Å². The molecule has 2 rings (SSSR count). The van der Waals surface area contributed by atoms with Gasteiger partial charge in [-0.3, -0.25) is 5.84 Å². The summed E-state index contributed by atoms with van der Waals surface area (Å²) in [5.41, 5.74) is 0. The first-order valence-electron chi connectivity index (χ1n) is 6.18. The maximum Gasteiger partial charge on any atom is 0.0143 e. The molecule has 15 heavy (non-hydrogen) atoms. The summed E-state index contributed by atoms with van der Waals surface area (Å²) in [6.07, 6.45) is 5.03. The lowest BCUT2D eigenvalue weighted by Crippen LogP contribution is -2.50. The molecule has 0 saturated carbocycles. The van der Waals surface area contributed by atoms with E-state index in [0.717, 1.165) is 19.1 Å². The van der Waals surface area contributed by atoms with Crippen LogP contribution in [0.4, 0.5) is 0 Å². The zero-order valence-corrected chi connectivity index (χ0v) is 9.78. The second-order valence-electron chi connectivity index (χ2n) is 5.05. The van der Waals surface area contributed by atoms with Gasteiger partial charge >= 0.3 is 0 Å². The number of hydrazine groups is 1. The van der Waals surface area contributed by atoms with E-state index in [1.165, 1.54) is 38.8 Å². The van der Waals surface area contributed by atoms with E-state index in [9.17, 15) is 0 Å². The highest BCUT2D eigenvalue weighted by Gasteiger charge is 2.22. The van der Waals surface area contributed by atoms with E-state index in [1.807, 2.05) is 5.01 Å². The molecule has 0 unspecified atom stereocenters. The Labute approximate surface area is 92.8 Å². The number of hydrogen-bond donors (Lipinski definition) is 2. The first-order valence-corrected chi connectivity index (χ1v) is 6.18. The maximum absolute atomic E-state index is 5.75. The molecular formula is C11H24N4. The summed E-state index contributed by atoms with van der Waals surface area (Å²) in [6, 6.07) is 1.45. The van der Waals surface area contributed by atoms with Crippen LogP contribution in [0.1, 0.15) is 25.7 Å².